The van der Waals surface area contributed by atoms with Crippen molar-refractivity contribution in [1.29, 1.82) is 0 Å². The summed E-state index contributed by atoms with van der Waals surface area (Å²) in [5.41, 5.74) is 6.39. The Balaban J connectivity index is 2.03. The largest absolute Gasteiger partial charge is 0.329 e. The molecule has 1 saturated heterocycles. The molecule has 2 aliphatic rings. The van der Waals surface area contributed by atoms with Crippen LogP contribution in [0.15, 0.2) is 0 Å². The lowest BCUT2D eigenvalue weighted by molar-refractivity contribution is 0.0809. The minimum atomic E-state index is 0.411. The molecule has 0 spiro atoms. The van der Waals surface area contributed by atoms with Crippen molar-refractivity contribution in [1.82, 2.24) is 4.90 Å². The normalized spacial score (nSPS) is 29.3. The Hall–Kier alpha value is -0.0800. The fourth-order valence-electron chi connectivity index (χ4n) is 3.05. The smallest absolute Gasteiger partial charge is 0.0331 e. The molecule has 1 heterocycles. The molecule has 13 heavy (non-hydrogen) atoms. The van der Waals surface area contributed by atoms with Gasteiger partial charge in [-0.15, -0.1) is 0 Å². The highest BCUT2D eigenvalue weighted by atomic mass is 15.2. The van der Waals surface area contributed by atoms with E-state index in [2.05, 4.69) is 4.90 Å². The summed E-state index contributed by atoms with van der Waals surface area (Å²) in [7, 11) is 0. The molecule has 1 aliphatic carbocycles. The molecule has 2 nitrogen and oxygen atoms in total. The number of rotatable bonds is 2. The maximum Gasteiger partial charge on any atom is 0.0331 e. The fourth-order valence-corrected chi connectivity index (χ4v) is 3.05. The van der Waals surface area contributed by atoms with Crippen LogP contribution >= 0.6 is 0 Å². The summed E-state index contributed by atoms with van der Waals surface area (Å²) in [6.07, 6.45) is 9.70. The van der Waals surface area contributed by atoms with Crippen molar-refractivity contribution >= 4 is 0 Å². The van der Waals surface area contributed by atoms with Gasteiger partial charge < -0.3 is 5.73 Å². The standard InChI is InChI=1S/C11H22N2/c12-10-11(6-2-1-3-7-11)13-8-4-5-9-13/h1-10,12H2. The molecule has 0 atom stereocenters. The zero-order valence-corrected chi connectivity index (χ0v) is 8.60. The maximum atomic E-state index is 5.98. The molecule has 0 amide bonds. The first-order chi connectivity index (χ1) is 6.37. The second-order valence-electron chi connectivity index (χ2n) is 4.68. The van der Waals surface area contributed by atoms with Crippen molar-refractivity contribution in [2.45, 2.75) is 50.5 Å². The molecule has 0 aromatic rings. The van der Waals surface area contributed by atoms with Crippen molar-refractivity contribution in [2.24, 2.45) is 5.73 Å². The lowest BCUT2D eigenvalue weighted by Crippen LogP contribution is -2.53. The van der Waals surface area contributed by atoms with E-state index in [1.54, 1.807) is 0 Å². The van der Waals surface area contributed by atoms with E-state index in [-0.39, 0.29) is 0 Å². The second-order valence-corrected chi connectivity index (χ2v) is 4.68. The molecular weight excluding hydrogens is 160 g/mol. The highest BCUT2D eigenvalue weighted by Gasteiger charge is 2.37. The topological polar surface area (TPSA) is 29.3 Å². The van der Waals surface area contributed by atoms with Crippen LogP contribution in [0.1, 0.15) is 44.9 Å². The molecule has 0 bridgehead atoms. The number of likely N-dealkylation sites (tertiary alicyclic amines) is 1. The monoisotopic (exact) mass is 182 g/mol. The van der Waals surface area contributed by atoms with E-state index in [1.807, 2.05) is 0 Å². The molecule has 2 fully saturated rings. The van der Waals surface area contributed by atoms with Crippen LogP contribution in [-0.2, 0) is 0 Å². The quantitative estimate of drug-likeness (QED) is 0.705. The Morgan fingerprint density at radius 1 is 0.923 bits per heavy atom. The zero-order valence-electron chi connectivity index (χ0n) is 8.60. The van der Waals surface area contributed by atoms with Gasteiger partial charge in [0, 0.05) is 12.1 Å². The molecule has 1 saturated carbocycles. The predicted molar refractivity (Wildman–Crippen MR) is 55.7 cm³/mol. The van der Waals surface area contributed by atoms with Crippen LogP contribution in [0.3, 0.4) is 0 Å². The maximum absolute atomic E-state index is 5.98. The van der Waals surface area contributed by atoms with Crippen LogP contribution in [0.2, 0.25) is 0 Å². The Morgan fingerprint density at radius 3 is 2.08 bits per heavy atom. The van der Waals surface area contributed by atoms with Gasteiger partial charge in [0.15, 0.2) is 0 Å². The van der Waals surface area contributed by atoms with E-state index in [1.165, 1.54) is 58.0 Å². The molecule has 0 radical (unpaired) electrons. The predicted octanol–water partition coefficient (Wildman–Crippen LogP) is 1.74. The molecule has 76 valence electrons. The fraction of sp³-hybridized carbons (Fsp3) is 1.00. The molecule has 2 heteroatoms. The summed E-state index contributed by atoms with van der Waals surface area (Å²) >= 11 is 0. The summed E-state index contributed by atoms with van der Waals surface area (Å²) in [6.45, 7) is 3.49. The Kier molecular flexibility index (Phi) is 2.89. The highest BCUT2D eigenvalue weighted by Crippen LogP contribution is 2.34. The molecular formula is C11H22N2. The van der Waals surface area contributed by atoms with Crippen LogP contribution in [0, 0.1) is 0 Å². The molecule has 0 aromatic carbocycles. The van der Waals surface area contributed by atoms with Gasteiger partial charge in [-0.05, 0) is 38.8 Å². The second kappa shape index (κ2) is 3.97. The minimum absolute atomic E-state index is 0.411. The van der Waals surface area contributed by atoms with Crippen molar-refractivity contribution in [2.75, 3.05) is 19.6 Å². The first-order valence-electron chi connectivity index (χ1n) is 5.82. The van der Waals surface area contributed by atoms with Crippen molar-refractivity contribution < 1.29 is 0 Å². The van der Waals surface area contributed by atoms with E-state index >= 15 is 0 Å². The van der Waals surface area contributed by atoms with Crippen molar-refractivity contribution in [3.63, 3.8) is 0 Å². The van der Waals surface area contributed by atoms with Crippen LogP contribution < -0.4 is 5.73 Å². The lowest BCUT2D eigenvalue weighted by atomic mass is 9.80. The van der Waals surface area contributed by atoms with Crippen LogP contribution in [0.4, 0.5) is 0 Å². The van der Waals surface area contributed by atoms with E-state index in [9.17, 15) is 0 Å². The SMILES string of the molecule is NCC1(N2CCCC2)CCCCC1. The molecule has 0 aromatic heterocycles. The van der Waals surface area contributed by atoms with E-state index in [4.69, 9.17) is 5.73 Å². The van der Waals surface area contributed by atoms with Crippen LogP contribution in [0.5, 0.6) is 0 Å². The lowest BCUT2D eigenvalue weighted by Gasteiger charge is -2.44. The Morgan fingerprint density at radius 2 is 1.54 bits per heavy atom. The molecule has 1 aliphatic heterocycles. The molecule has 2 N–H and O–H groups in total. The number of nitrogens with zero attached hydrogens (tertiary/aromatic N) is 1. The van der Waals surface area contributed by atoms with Crippen LogP contribution in [-0.4, -0.2) is 30.1 Å². The molecule has 2 rings (SSSR count). The minimum Gasteiger partial charge on any atom is -0.329 e. The third-order valence-corrected chi connectivity index (χ3v) is 3.94. The summed E-state index contributed by atoms with van der Waals surface area (Å²) in [5.74, 6) is 0. The van der Waals surface area contributed by atoms with Gasteiger partial charge in [0.25, 0.3) is 0 Å². The summed E-state index contributed by atoms with van der Waals surface area (Å²) in [4.78, 5) is 2.67. The number of hydrogen-bond donors (Lipinski definition) is 1. The summed E-state index contributed by atoms with van der Waals surface area (Å²) in [6, 6.07) is 0. The van der Waals surface area contributed by atoms with Gasteiger partial charge in [-0.3, -0.25) is 4.90 Å². The summed E-state index contributed by atoms with van der Waals surface area (Å²) in [5, 5.41) is 0. The summed E-state index contributed by atoms with van der Waals surface area (Å²) < 4.78 is 0. The van der Waals surface area contributed by atoms with Crippen molar-refractivity contribution in [3.8, 4) is 0 Å². The van der Waals surface area contributed by atoms with Gasteiger partial charge in [0.2, 0.25) is 0 Å². The highest BCUT2D eigenvalue weighted by molar-refractivity contribution is 4.95. The third-order valence-electron chi connectivity index (χ3n) is 3.94. The van der Waals surface area contributed by atoms with Gasteiger partial charge in [0.05, 0.1) is 0 Å². The van der Waals surface area contributed by atoms with E-state index in [0.717, 1.165) is 6.54 Å². The van der Waals surface area contributed by atoms with Crippen LogP contribution in [0.25, 0.3) is 0 Å². The van der Waals surface area contributed by atoms with Gasteiger partial charge in [-0.1, -0.05) is 19.3 Å². The Bertz CT molecular complexity index is 155. The zero-order chi connectivity index (χ0) is 9.15. The van der Waals surface area contributed by atoms with Gasteiger partial charge in [-0.2, -0.15) is 0 Å². The average molecular weight is 182 g/mol. The first kappa shape index (κ1) is 9.47. The average Bonchev–Trinajstić information content (AvgIpc) is 2.72. The van der Waals surface area contributed by atoms with Gasteiger partial charge >= 0.3 is 0 Å². The third kappa shape index (κ3) is 1.75. The first-order valence-corrected chi connectivity index (χ1v) is 5.82. The van der Waals surface area contributed by atoms with Crippen molar-refractivity contribution in [3.05, 3.63) is 0 Å². The van der Waals surface area contributed by atoms with Gasteiger partial charge in [-0.25, -0.2) is 0 Å². The van der Waals surface area contributed by atoms with E-state index in [0.29, 0.717) is 5.54 Å². The Labute approximate surface area is 81.5 Å². The number of hydrogen-bond acceptors (Lipinski definition) is 2. The molecule has 0 unspecified atom stereocenters. The van der Waals surface area contributed by atoms with Gasteiger partial charge in [0.1, 0.15) is 0 Å². The van der Waals surface area contributed by atoms with E-state index < -0.39 is 0 Å². The number of nitrogens with two attached hydrogens (primary N) is 1.